The Balaban J connectivity index is 2.14. The minimum Gasteiger partial charge on any atom is -0.481 e. The molecule has 2 aromatic heterocycles. The summed E-state index contributed by atoms with van der Waals surface area (Å²) in [6.45, 7) is 1.69. The molecule has 88 valence electrons. The maximum absolute atomic E-state index is 10.7. The summed E-state index contributed by atoms with van der Waals surface area (Å²) in [7, 11) is 0. The molecule has 1 unspecified atom stereocenters. The van der Waals surface area contributed by atoms with Gasteiger partial charge in [-0.3, -0.25) is 9.78 Å². The number of carboxylic acids is 1. The van der Waals surface area contributed by atoms with Gasteiger partial charge in [0.05, 0.1) is 16.6 Å². The molecule has 0 saturated heterocycles. The van der Waals surface area contributed by atoms with Gasteiger partial charge in [-0.15, -0.1) is 11.3 Å². The van der Waals surface area contributed by atoms with Gasteiger partial charge in [-0.25, -0.2) is 4.98 Å². The van der Waals surface area contributed by atoms with Crippen LogP contribution in [-0.4, -0.2) is 21.0 Å². The van der Waals surface area contributed by atoms with Gasteiger partial charge in [0.25, 0.3) is 0 Å². The first kappa shape index (κ1) is 11.7. The Labute approximate surface area is 103 Å². The lowest BCUT2D eigenvalue weighted by molar-refractivity contribution is -0.141. The zero-order valence-corrected chi connectivity index (χ0v) is 10.1. The molecule has 0 spiro atoms. The number of hydrogen-bond acceptors (Lipinski definition) is 4. The molecule has 2 aromatic rings. The first-order chi connectivity index (χ1) is 8.16. The van der Waals surface area contributed by atoms with Gasteiger partial charge in [0, 0.05) is 29.8 Å². The van der Waals surface area contributed by atoms with Gasteiger partial charge in [0.15, 0.2) is 0 Å². The summed E-state index contributed by atoms with van der Waals surface area (Å²) in [5.41, 5.74) is 1.88. The van der Waals surface area contributed by atoms with E-state index in [1.807, 2.05) is 17.5 Å². The van der Waals surface area contributed by atoms with Gasteiger partial charge in [-0.1, -0.05) is 6.92 Å². The summed E-state index contributed by atoms with van der Waals surface area (Å²) < 4.78 is 0. The molecular formula is C12H12N2O2S. The lowest BCUT2D eigenvalue weighted by Crippen LogP contribution is -2.11. The van der Waals surface area contributed by atoms with E-state index in [0.29, 0.717) is 6.42 Å². The molecule has 0 radical (unpaired) electrons. The van der Waals surface area contributed by atoms with Crippen LogP contribution in [0.25, 0.3) is 11.3 Å². The Morgan fingerprint density at radius 2 is 2.18 bits per heavy atom. The van der Waals surface area contributed by atoms with Crippen molar-refractivity contribution < 1.29 is 9.90 Å². The van der Waals surface area contributed by atoms with E-state index >= 15 is 0 Å². The standard InChI is InChI=1S/C12H12N2O2S/c1-8(12(15)16)6-11-14-10(7-17-11)9-2-4-13-5-3-9/h2-5,7-8H,6H2,1H3,(H,15,16). The summed E-state index contributed by atoms with van der Waals surface area (Å²) in [5, 5.41) is 11.6. The Morgan fingerprint density at radius 1 is 1.47 bits per heavy atom. The topological polar surface area (TPSA) is 63.1 Å². The highest BCUT2D eigenvalue weighted by atomic mass is 32.1. The van der Waals surface area contributed by atoms with E-state index in [4.69, 9.17) is 5.11 Å². The molecule has 17 heavy (non-hydrogen) atoms. The van der Waals surface area contributed by atoms with Crippen molar-refractivity contribution in [2.75, 3.05) is 0 Å². The number of nitrogens with zero attached hydrogens (tertiary/aromatic N) is 2. The predicted molar refractivity (Wildman–Crippen MR) is 65.8 cm³/mol. The number of hydrogen-bond donors (Lipinski definition) is 1. The minimum absolute atomic E-state index is 0.397. The molecule has 5 heteroatoms. The molecule has 0 bridgehead atoms. The Kier molecular flexibility index (Phi) is 3.49. The van der Waals surface area contributed by atoms with Crippen LogP contribution in [0.4, 0.5) is 0 Å². The van der Waals surface area contributed by atoms with Crippen molar-refractivity contribution in [2.24, 2.45) is 5.92 Å². The van der Waals surface area contributed by atoms with Crippen molar-refractivity contribution in [3.63, 3.8) is 0 Å². The molecule has 0 aliphatic carbocycles. The molecule has 0 aliphatic heterocycles. The van der Waals surface area contributed by atoms with Crippen molar-refractivity contribution in [3.05, 3.63) is 34.9 Å². The van der Waals surface area contributed by atoms with E-state index < -0.39 is 11.9 Å². The molecular weight excluding hydrogens is 236 g/mol. The van der Waals surface area contributed by atoms with Gasteiger partial charge in [-0.05, 0) is 12.1 Å². The van der Waals surface area contributed by atoms with E-state index in [-0.39, 0.29) is 0 Å². The summed E-state index contributed by atoms with van der Waals surface area (Å²) >= 11 is 1.50. The van der Waals surface area contributed by atoms with E-state index in [2.05, 4.69) is 9.97 Å². The number of aliphatic carboxylic acids is 1. The largest absolute Gasteiger partial charge is 0.481 e. The van der Waals surface area contributed by atoms with Crippen LogP contribution >= 0.6 is 11.3 Å². The molecule has 0 aliphatic rings. The number of carboxylic acid groups (broad SMARTS) is 1. The smallest absolute Gasteiger partial charge is 0.306 e. The predicted octanol–water partition coefficient (Wildman–Crippen LogP) is 2.47. The van der Waals surface area contributed by atoms with Crippen molar-refractivity contribution in [2.45, 2.75) is 13.3 Å². The number of pyridine rings is 1. The third kappa shape index (κ3) is 2.88. The molecule has 4 nitrogen and oxygen atoms in total. The Hall–Kier alpha value is -1.75. The highest BCUT2D eigenvalue weighted by Gasteiger charge is 2.14. The average Bonchev–Trinajstić information content (AvgIpc) is 2.78. The summed E-state index contributed by atoms with van der Waals surface area (Å²) in [6, 6.07) is 3.78. The lowest BCUT2D eigenvalue weighted by atomic mass is 10.1. The van der Waals surface area contributed by atoms with Crippen molar-refractivity contribution in [3.8, 4) is 11.3 Å². The highest BCUT2D eigenvalue weighted by molar-refractivity contribution is 7.09. The van der Waals surface area contributed by atoms with Gasteiger partial charge in [-0.2, -0.15) is 0 Å². The third-order valence-corrected chi connectivity index (χ3v) is 3.30. The summed E-state index contributed by atoms with van der Waals surface area (Å²) in [6.07, 6.45) is 3.91. The number of thiazole rings is 1. The fourth-order valence-electron chi connectivity index (χ4n) is 1.41. The van der Waals surface area contributed by atoms with Crippen LogP contribution in [-0.2, 0) is 11.2 Å². The second-order valence-corrected chi connectivity index (χ2v) is 4.75. The average molecular weight is 248 g/mol. The van der Waals surface area contributed by atoms with Crippen LogP contribution in [0.5, 0.6) is 0 Å². The maximum atomic E-state index is 10.7. The summed E-state index contributed by atoms with van der Waals surface area (Å²) in [5.74, 6) is -1.18. The molecule has 0 aromatic carbocycles. The van der Waals surface area contributed by atoms with Crippen LogP contribution in [0.3, 0.4) is 0 Å². The van der Waals surface area contributed by atoms with E-state index in [1.165, 1.54) is 11.3 Å². The van der Waals surface area contributed by atoms with E-state index in [0.717, 1.165) is 16.3 Å². The molecule has 1 N–H and O–H groups in total. The zero-order chi connectivity index (χ0) is 12.3. The zero-order valence-electron chi connectivity index (χ0n) is 9.33. The number of rotatable bonds is 4. The summed E-state index contributed by atoms with van der Waals surface area (Å²) in [4.78, 5) is 19.1. The molecule has 0 saturated carbocycles. The fourth-order valence-corrected chi connectivity index (χ4v) is 2.34. The molecule has 0 amide bonds. The normalized spacial score (nSPS) is 12.3. The fraction of sp³-hybridized carbons (Fsp3) is 0.250. The van der Waals surface area contributed by atoms with Crippen molar-refractivity contribution in [1.29, 1.82) is 0 Å². The van der Waals surface area contributed by atoms with E-state index in [1.54, 1.807) is 19.3 Å². The Bertz CT molecular complexity index is 510. The molecule has 2 rings (SSSR count). The molecule has 1 atom stereocenters. The van der Waals surface area contributed by atoms with Crippen LogP contribution in [0, 0.1) is 5.92 Å². The number of aromatic nitrogens is 2. The third-order valence-electron chi connectivity index (χ3n) is 2.43. The van der Waals surface area contributed by atoms with Crippen molar-refractivity contribution >= 4 is 17.3 Å². The van der Waals surface area contributed by atoms with Gasteiger partial charge in [0.2, 0.25) is 0 Å². The van der Waals surface area contributed by atoms with Crippen LogP contribution in [0.1, 0.15) is 11.9 Å². The molecule has 0 fully saturated rings. The van der Waals surface area contributed by atoms with Crippen LogP contribution in [0.2, 0.25) is 0 Å². The molecule has 2 heterocycles. The first-order valence-electron chi connectivity index (χ1n) is 5.24. The second kappa shape index (κ2) is 5.05. The lowest BCUT2D eigenvalue weighted by Gasteiger charge is -2.01. The Morgan fingerprint density at radius 3 is 2.82 bits per heavy atom. The minimum atomic E-state index is -0.786. The van der Waals surface area contributed by atoms with Crippen LogP contribution in [0.15, 0.2) is 29.9 Å². The highest BCUT2D eigenvalue weighted by Crippen LogP contribution is 2.22. The first-order valence-corrected chi connectivity index (χ1v) is 6.12. The van der Waals surface area contributed by atoms with Crippen molar-refractivity contribution in [1.82, 2.24) is 9.97 Å². The quantitative estimate of drug-likeness (QED) is 0.902. The van der Waals surface area contributed by atoms with E-state index in [9.17, 15) is 4.79 Å². The second-order valence-electron chi connectivity index (χ2n) is 3.81. The van der Waals surface area contributed by atoms with Gasteiger partial charge in [0.1, 0.15) is 0 Å². The SMILES string of the molecule is CC(Cc1nc(-c2ccncc2)cs1)C(=O)O. The van der Waals surface area contributed by atoms with Gasteiger partial charge >= 0.3 is 5.97 Å². The maximum Gasteiger partial charge on any atom is 0.306 e. The van der Waals surface area contributed by atoms with Crippen LogP contribution < -0.4 is 0 Å². The van der Waals surface area contributed by atoms with Gasteiger partial charge < -0.3 is 5.11 Å². The monoisotopic (exact) mass is 248 g/mol. The number of carbonyl (C=O) groups is 1.